The van der Waals surface area contributed by atoms with Crippen LogP contribution in [0.2, 0.25) is 0 Å². The van der Waals surface area contributed by atoms with Crippen LogP contribution >= 0.6 is 0 Å². The van der Waals surface area contributed by atoms with Crippen molar-refractivity contribution in [3.8, 4) is 0 Å². The average Bonchev–Trinajstić information content (AvgIpc) is 2.68. The van der Waals surface area contributed by atoms with Gasteiger partial charge in [0.1, 0.15) is 10.7 Å². The maximum absolute atomic E-state index is 14.3. The lowest BCUT2D eigenvalue weighted by molar-refractivity contribution is -0.137. The maximum atomic E-state index is 14.3. The van der Waals surface area contributed by atoms with Gasteiger partial charge in [0, 0.05) is 25.6 Å². The van der Waals surface area contributed by atoms with Crippen molar-refractivity contribution >= 4 is 33.2 Å². The molecule has 0 bridgehead atoms. The molecule has 0 unspecified atom stereocenters. The number of carbonyl (C=O) groups is 2. The van der Waals surface area contributed by atoms with Gasteiger partial charge in [0.15, 0.2) is 0 Å². The molecule has 0 aliphatic carbocycles. The summed E-state index contributed by atoms with van der Waals surface area (Å²) in [5.74, 6) is -2.66. The van der Waals surface area contributed by atoms with E-state index in [9.17, 15) is 35.6 Å². The second kappa shape index (κ2) is 9.65. The minimum atomic E-state index is -4.71. The second-order valence-electron chi connectivity index (χ2n) is 6.63. The molecule has 0 spiro atoms. The number of sulfonamides is 1. The van der Waals surface area contributed by atoms with Crippen molar-refractivity contribution in [1.29, 1.82) is 0 Å². The summed E-state index contributed by atoms with van der Waals surface area (Å²) in [5, 5.41) is 4.52. The van der Waals surface area contributed by atoms with E-state index in [4.69, 9.17) is 0 Å². The number of carbonyl (C=O) groups excluding carboxylic acids is 2. The second-order valence-corrected chi connectivity index (χ2v) is 8.53. The monoisotopic (exact) mass is 475 g/mol. The zero-order valence-corrected chi connectivity index (χ0v) is 18.2. The predicted molar refractivity (Wildman–Crippen MR) is 110 cm³/mol. The zero-order valence-electron chi connectivity index (χ0n) is 17.4. The summed E-state index contributed by atoms with van der Waals surface area (Å²) in [6, 6.07) is 4.92. The van der Waals surface area contributed by atoms with E-state index >= 15 is 0 Å². The van der Waals surface area contributed by atoms with E-state index < -0.39 is 44.3 Å². The van der Waals surface area contributed by atoms with Crippen molar-refractivity contribution in [1.82, 2.24) is 4.31 Å². The van der Waals surface area contributed by atoms with Crippen molar-refractivity contribution < 1.29 is 35.6 Å². The molecule has 2 aromatic rings. The van der Waals surface area contributed by atoms with Crippen LogP contribution in [0.1, 0.15) is 36.7 Å². The lowest BCUT2D eigenvalue weighted by Gasteiger charge is -2.19. The van der Waals surface area contributed by atoms with E-state index in [1.165, 1.54) is 0 Å². The summed E-state index contributed by atoms with van der Waals surface area (Å²) in [6.07, 6.45) is -4.71. The number of hydrogen-bond acceptors (Lipinski definition) is 4. The smallest absolute Gasteiger partial charge is 0.325 e. The van der Waals surface area contributed by atoms with Gasteiger partial charge >= 0.3 is 6.18 Å². The van der Waals surface area contributed by atoms with Crippen molar-refractivity contribution in [3.63, 3.8) is 0 Å². The van der Waals surface area contributed by atoms with Gasteiger partial charge in [0.05, 0.1) is 16.9 Å². The van der Waals surface area contributed by atoms with Crippen molar-refractivity contribution in [3.05, 3.63) is 53.3 Å². The highest BCUT2D eigenvalue weighted by Gasteiger charge is 2.31. The van der Waals surface area contributed by atoms with Crippen LogP contribution in [0, 0.1) is 5.82 Å². The molecule has 2 N–H and O–H groups in total. The highest BCUT2D eigenvalue weighted by Crippen LogP contribution is 2.34. The van der Waals surface area contributed by atoms with Crippen LogP contribution in [0.15, 0.2) is 41.3 Å². The van der Waals surface area contributed by atoms with Gasteiger partial charge in [-0.2, -0.15) is 17.5 Å². The van der Waals surface area contributed by atoms with Gasteiger partial charge in [0.25, 0.3) is 5.91 Å². The molecule has 0 saturated heterocycles. The van der Waals surface area contributed by atoms with Gasteiger partial charge in [0.2, 0.25) is 15.9 Å². The van der Waals surface area contributed by atoms with Crippen molar-refractivity contribution in [2.24, 2.45) is 0 Å². The first kappa shape index (κ1) is 25.3. The van der Waals surface area contributed by atoms with Crippen LogP contribution in [0.4, 0.5) is 28.9 Å². The van der Waals surface area contributed by atoms with Crippen LogP contribution < -0.4 is 10.6 Å². The Balaban J connectivity index is 2.48. The predicted octanol–water partition coefficient (Wildman–Crippen LogP) is 4.09. The molecule has 174 valence electrons. The van der Waals surface area contributed by atoms with Gasteiger partial charge < -0.3 is 10.6 Å². The van der Waals surface area contributed by atoms with Crippen LogP contribution in [-0.4, -0.2) is 37.6 Å². The lowest BCUT2D eigenvalue weighted by Crippen LogP contribution is -2.31. The summed E-state index contributed by atoms with van der Waals surface area (Å²) in [6.45, 7) is 4.39. The van der Waals surface area contributed by atoms with Crippen molar-refractivity contribution in [2.75, 3.05) is 23.7 Å². The number of amides is 2. The van der Waals surface area contributed by atoms with E-state index in [0.717, 1.165) is 41.6 Å². The van der Waals surface area contributed by atoms with Gasteiger partial charge in [-0.25, -0.2) is 12.8 Å². The topological polar surface area (TPSA) is 95.6 Å². The molecule has 0 saturated carbocycles. The molecule has 0 fully saturated rings. The Kier molecular flexibility index (Phi) is 7.62. The normalized spacial score (nSPS) is 12.0. The average molecular weight is 475 g/mol. The summed E-state index contributed by atoms with van der Waals surface area (Å²) in [4.78, 5) is 23.3. The highest BCUT2D eigenvalue weighted by atomic mass is 32.2. The summed E-state index contributed by atoms with van der Waals surface area (Å²) < 4.78 is 79.8. The molecule has 12 heteroatoms. The summed E-state index contributed by atoms with van der Waals surface area (Å²) in [7, 11) is -4.24. The first-order valence-corrected chi connectivity index (χ1v) is 10.8. The largest absolute Gasteiger partial charge is 0.416 e. The number of nitrogens with zero attached hydrogens (tertiary/aromatic N) is 1. The Bertz CT molecular complexity index is 1130. The van der Waals surface area contributed by atoms with E-state index in [2.05, 4.69) is 10.6 Å². The maximum Gasteiger partial charge on any atom is 0.416 e. The molecule has 0 aliphatic heterocycles. The minimum absolute atomic E-state index is 0.0685. The molecule has 2 amide bonds. The zero-order chi connectivity index (χ0) is 24.3. The number of halogens is 4. The van der Waals surface area contributed by atoms with E-state index in [1.807, 2.05) is 0 Å². The Morgan fingerprint density at radius 1 is 0.969 bits per heavy atom. The molecule has 0 aliphatic rings. The van der Waals surface area contributed by atoms with Crippen LogP contribution in [0.5, 0.6) is 0 Å². The molecule has 0 radical (unpaired) electrons. The van der Waals surface area contributed by atoms with Gasteiger partial charge in [-0.3, -0.25) is 9.59 Å². The van der Waals surface area contributed by atoms with Crippen LogP contribution in [0.25, 0.3) is 0 Å². The third kappa shape index (κ3) is 5.62. The van der Waals surface area contributed by atoms with Gasteiger partial charge in [-0.15, -0.1) is 0 Å². The molecular formula is C20H21F4N3O4S. The number of hydrogen-bond donors (Lipinski definition) is 2. The minimum Gasteiger partial charge on any atom is -0.325 e. The molecule has 2 aromatic carbocycles. The van der Waals surface area contributed by atoms with E-state index in [-0.39, 0.29) is 30.0 Å². The summed E-state index contributed by atoms with van der Waals surface area (Å²) >= 11 is 0. The van der Waals surface area contributed by atoms with Gasteiger partial charge in [-0.1, -0.05) is 13.8 Å². The number of nitrogens with one attached hydrogen (secondary N) is 2. The Labute approximate surface area is 182 Å². The molecular weight excluding hydrogens is 454 g/mol. The SMILES string of the molecule is CCN(CC)S(=O)(=O)c1cc(C(=O)Nc2cc(C(F)(F)F)ccc2NC(C)=O)ccc1F. The number of alkyl halides is 3. The molecule has 0 aromatic heterocycles. The third-order valence-corrected chi connectivity index (χ3v) is 6.49. The summed E-state index contributed by atoms with van der Waals surface area (Å²) in [5.41, 5.74) is -1.84. The van der Waals surface area contributed by atoms with Gasteiger partial charge in [-0.05, 0) is 36.4 Å². The van der Waals surface area contributed by atoms with Crippen LogP contribution in [-0.2, 0) is 21.0 Å². The fourth-order valence-electron chi connectivity index (χ4n) is 2.86. The Morgan fingerprint density at radius 2 is 1.59 bits per heavy atom. The first-order valence-electron chi connectivity index (χ1n) is 9.41. The fraction of sp³-hybridized carbons (Fsp3) is 0.300. The Hall–Kier alpha value is -2.99. The molecule has 32 heavy (non-hydrogen) atoms. The first-order chi connectivity index (χ1) is 14.8. The Morgan fingerprint density at radius 3 is 2.12 bits per heavy atom. The molecule has 2 rings (SSSR count). The molecule has 7 nitrogen and oxygen atoms in total. The van der Waals surface area contributed by atoms with E-state index in [1.54, 1.807) is 13.8 Å². The third-order valence-electron chi connectivity index (χ3n) is 4.42. The standard InChI is InChI=1S/C20H21F4N3O4S/c1-4-27(5-2)32(30,31)18-10-13(6-8-15(18)21)19(29)26-17-11-14(20(22,23)24)7-9-16(17)25-12(3)28/h6-11H,4-5H2,1-3H3,(H,25,28)(H,26,29). The van der Waals surface area contributed by atoms with Crippen molar-refractivity contribution in [2.45, 2.75) is 31.8 Å². The number of anilines is 2. The molecule has 0 atom stereocenters. The van der Waals surface area contributed by atoms with E-state index in [0.29, 0.717) is 6.07 Å². The van der Waals surface area contributed by atoms with Crippen LogP contribution in [0.3, 0.4) is 0 Å². The molecule has 0 heterocycles. The quantitative estimate of drug-likeness (QED) is 0.590. The lowest BCUT2D eigenvalue weighted by atomic mass is 10.1. The fourth-order valence-corrected chi connectivity index (χ4v) is 4.41. The number of benzene rings is 2. The highest BCUT2D eigenvalue weighted by molar-refractivity contribution is 7.89. The number of rotatable bonds is 7.